The number of hydrogen-bond acceptors (Lipinski definition) is 4. The second-order valence-corrected chi connectivity index (χ2v) is 3.25. The maximum absolute atomic E-state index is 10.6. The van der Waals surface area contributed by atoms with Crippen LogP contribution in [0.4, 0.5) is 0 Å². The van der Waals surface area contributed by atoms with Crippen molar-refractivity contribution in [3.8, 4) is 0 Å². The minimum Gasteiger partial charge on any atom is -0.591 e. The molecule has 0 rings (SSSR count). The summed E-state index contributed by atoms with van der Waals surface area (Å²) in [6, 6.07) is 0. The van der Waals surface area contributed by atoms with Gasteiger partial charge in [-0.1, -0.05) is 6.58 Å². The summed E-state index contributed by atoms with van der Waals surface area (Å²) in [4.78, 5) is 0. The minimum absolute atomic E-state index is 0.0201. The Morgan fingerprint density at radius 2 is 2.23 bits per heavy atom. The molecule has 74 valence electrons. The van der Waals surface area contributed by atoms with Gasteiger partial charge in [-0.25, -0.2) is 0 Å². The fourth-order valence-corrected chi connectivity index (χ4v) is 1.02. The molecule has 6 heteroatoms. The Hall–Kier alpha value is -1.14. The number of aliphatic hydroxyl groups is 2. The van der Waals surface area contributed by atoms with Crippen LogP contribution in [0.3, 0.4) is 0 Å². The van der Waals surface area contributed by atoms with E-state index in [0.717, 1.165) is 0 Å². The standard InChI is InChI=1S/C7H12N2O3S/c1-5(11)7(4-10)8-6(2)9-13(3)12/h4,10-11H,1H2,2-3H3,(H,8,9)/b7-4-. The van der Waals surface area contributed by atoms with Crippen LogP contribution >= 0.6 is 0 Å². The fourth-order valence-electron chi connectivity index (χ4n) is 0.589. The van der Waals surface area contributed by atoms with Crippen LogP contribution in [0.5, 0.6) is 0 Å². The lowest BCUT2D eigenvalue weighted by Gasteiger charge is -2.06. The molecule has 5 nitrogen and oxygen atoms in total. The van der Waals surface area contributed by atoms with Gasteiger partial charge in [0, 0.05) is 0 Å². The molecule has 0 radical (unpaired) electrons. The second-order valence-electron chi connectivity index (χ2n) is 2.21. The Kier molecular flexibility index (Phi) is 5.01. The highest BCUT2D eigenvalue weighted by Crippen LogP contribution is 1.98. The van der Waals surface area contributed by atoms with E-state index in [1.54, 1.807) is 6.92 Å². The molecule has 0 aliphatic carbocycles. The number of nitrogens with one attached hydrogen (secondary N) is 1. The summed E-state index contributed by atoms with van der Waals surface area (Å²) in [7, 11) is 0. The minimum atomic E-state index is -1.32. The number of amidine groups is 1. The molecule has 3 N–H and O–H groups in total. The van der Waals surface area contributed by atoms with Gasteiger partial charge in [0.1, 0.15) is 24.0 Å². The smallest absolute Gasteiger partial charge is 0.155 e. The molecule has 0 heterocycles. The zero-order chi connectivity index (χ0) is 10.4. The summed E-state index contributed by atoms with van der Waals surface area (Å²) >= 11 is -1.32. The number of rotatable bonds is 3. The lowest BCUT2D eigenvalue weighted by Crippen LogP contribution is -2.22. The third-order valence-electron chi connectivity index (χ3n) is 1.02. The predicted molar refractivity (Wildman–Crippen MR) is 52.8 cm³/mol. The first-order valence-electron chi connectivity index (χ1n) is 3.36. The van der Waals surface area contributed by atoms with E-state index in [-0.39, 0.29) is 11.5 Å². The molecule has 0 saturated heterocycles. The number of aliphatic hydroxyl groups excluding tert-OH is 2. The van der Waals surface area contributed by atoms with E-state index in [2.05, 4.69) is 16.3 Å². The Morgan fingerprint density at radius 1 is 1.69 bits per heavy atom. The summed E-state index contributed by atoms with van der Waals surface area (Å²) in [6.45, 7) is 4.74. The highest BCUT2D eigenvalue weighted by Gasteiger charge is 2.03. The topological polar surface area (TPSA) is 87.9 Å². The summed E-state index contributed by atoms with van der Waals surface area (Å²) in [5.41, 5.74) is 0.0201. The average Bonchev–Trinajstić information content (AvgIpc) is 1.98. The molecular formula is C7H12N2O3S. The summed E-state index contributed by atoms with van der Waals surface area (Å²) in [6.07, 6.45) is 2.06. The van der Waals surface area contributed by atoms with Gasteiger partial charge in [0.25, 0.3) is 0 Å². The van der Waals surface area contributed by atoms with Crippen molar-refractivity contribution < 1.29 is 14.8 Å². The van der Waals surface area contributed by atoms with Crippen LogP contribution < -0.4 is 5.32 Å². The van der Waals surface area contributed by atoms with E-state index < -0.39 is 11.4 Å². The van der Waals surface area contributed by atoms with E-state index in [4.69, 9.17) is 10.2 Å². The first-order chi connectivity index (χ1) is 5.97. The first-order valence-corrected chi connectivity index (χ1v) is 4.87. The zero-order valence-corrected chi connectivity index (χ0v) is 8.26. The van der Waals surface area contributed by atoms with Crippen LogP contribution in [0.2, 0.25) is 0 Å². The molecule has 13 heavy (non-hydrogen) atoms. The second kappa shape index (κ2) is 5.50. The lowest BCUT2D eigenvalue weighted by molar-refractivity contribution is 0.404. The number of hydrogen-bond donors (Lipinski definition) is 3. The highest BCUT2D eigenvalue weighted by atomic mass is 32.2. The van der Waals surface area contributed by atoms with Crippen molar-refractivity contribution in [3.05, 3.63) is 24.3 Å². The molecule has 0 aromatic heterocycles. The maximum atomic E-state index is 10.6. The molecule has 1 unspecified atom stereocenters. The van der Waals surface area contributed by atoms with Crippen LogP contribution in [0.1, 0.15) is 6.92 Å². The van der Waals surface area contributed by atoms with E-state index in [1.165, 1.54) is 6.26 Å². The van der Waals surface area contributed by atoms with Crippen molar-refractivity contribution in [2.75, 3.05) is 6.26 Å². The van der Waals surface area contributed by atoms with Crippen LogP contribution in [0, 0.1) is 0 Å². The van der Waals surface area contributed by atoms with Gasteiger partial charge in [0.05, 0.1) is 11.4 Å². The first kappa shape index (κ1) is 11.9. The normalized spacial score (nSPS) is 15.3. The highest BCUT2D eigenvalue weighted by molar-refractivity contribution is 7.89. The van der Waals surface area contributed by atoms with Crippen molar-refractivity contribution >= 4 is 17.2 Å². The monoisotopic (exact) mass is 204 g/mol. The van der Waals surface area contributed by atoms with Gasteiger partial charge in [-0.15, -0.1) is 0 Å². The van der Waals surface area contributed by atoms with Crippen LogP contribution in [0.15, 0.2) is 28.7 Å². The molecule has 1 atom stereocenters. The van der Waals surface area contributed by atoms with E-state index in [0.29, 0.717) is 12.1 Å². The van der Waals surface area contributed by atoms with E-state index in [9.17, 15) is 4.55 Å². The van der Waals surface area contributed by atoms with Crippen molar-refractivity contribution in [1.82, 2.24) is 5.32 Å². The van der Waals surface area contributed by atoms with Gasteiger partial charge in [-0.05, 0) is 11.3 Å². The third-order valence-corrected chi connectivity index (χ3v) is 1.55. The maximum Gasteiger partial charge on any atom is 0.155 e. The summed E-state index contributed by atoms with van der Waals surface area (Å²) < 4.78 is 14.2. The van der Waals surface area contributed by atoms with Gasteiger partial charge in [0.15, 0.2) is 5.84 Å². The van der Waals surface area contributed by atoms with Crippen molar-refractivity contribution in [1.29, 1.82) is 0 Å². The third kappa shape index (κ3) is 5.15. The van der Waals surface area contributed by atoms with Gasteiger partial charge in [-0.3, -0.25) is 0 Å². The predicted octanol–water partition coefficient (Wildman–Crippen LogP) is 0.759. The van der Waals surface area contributed by atoms with E-state index in [1.807, 2.05) is 0 Å². The van der Waals surface area contributed by atoms with Gasteiger partial charge >= 0.3 is 0 Å². The average molecular weight is 204 g/mol. The molecule has 0 spiro atoms. The Morgan fingerprint density at radius 3 is 2.54 bits per heavy atom. The largest absolute Gasteiger partial charge is 0.591 e. The van der Waals surface area contributed by atoms with Crippen molar-refractivity contribution in [2.24, 2.45) is 4.40 Å². The van der Waals surface area contributed by atoms with Crippen LogP contribution in [-0.2, 0) is 11.4 Å². The molecule has 0 aliphatic rings. The Balaban J connectivity index is 4.35. The van der Waals surface area contributed by atoms with Gasteiger partial charge in [0.2, 0.25) is 0 Å². The Labute approximate surface area is 79.8 Å². The molecule has 0 aromatic rings. The molecule has 0 amide bonds. The number of nitrogens with zero attached hydrogens (tertiary/aromatic N) is 1. The van der Waals surface area contributed by atoms with E-state index >= 15 is 0 Å². The lowest BCUT2D eigenvalue weighted by atomic mass is 10.4. The quantitative estimate of drug-likeness (QED) is 0.208. The van der Waals surface area contributed by atoms with Crippen LogP contribution in [0.25, 0.3) is 0 Å². The van der Waals surface area contributed by atoms with Gasteiger partial charge < -0.3 is 20.1 Å². The SMILES string of the molecule is C=C(O)/C(=C/O)NC(C)=N[S+](C)[O-]. The van der Waals surface area contributed by atoms with Crippen molar-refractivity contribution in [3.63, 3.8) is 0 Å². The molecule has 0 aliphatic heterocycles. The molecule has 0 aromatic carbocycles. The molecule has 0 bridgehead atoms. The molecular weight excluding hydrogens is 192 g/mol. The fraction of sp³-hybridized carbons (Fsp3) is 0.286. The zero-order valence-electron chi connectivity index (χ0n) is 7.44. The Bertz CT molecular complexity index is 248. The summed E-state index contributed by atoms with van der Waals surface area (Å²) in [5.74, 6) is -0.00438. The van der Waals surface area contributed by atoms with Crippen molar-refractivity contribution in [2.45, 2.75) is 6.92 Å². The van der Waals surface area contributed by atoms with Crippen LogP contribution in [-0.4, -0.2) is 26.9 Å². The molecule has 0 fully saturated rings. The van der Waals surface area contributed by atoms with Gasteiger partial charge in [-0.2, -0.15) is 0 Å². The molecule has 0 saturated carbocycles. The summed E-state index contributed by atoms with van der Waals surface area (Å²) in [5, 5.41) is 20.0.